The van der Waals surface area contributed by atoms with Crippen LogP contribution < -0.4 is 5.73 Å². The lowest BCUT2D eigenvalue weighted by Gasteiger charge is -2.19. The molecule has 0 aliphatic carbocycles. The SMILES string of the molecule is Cc1ccc(C(N)c2c(Br)cnn2C(C)C)c(C)n1. The number of nitrogens with zero attached hydrogens (tertiary/aromatic N) is 3. The molecule has 2 aromatic heterocycles. The van der Waals surface area contributed by atoms with Crippen molar-refractivity contribution in [3.63, 3.8) is 0 Å². The van der Waals surface area contributed by atoms with Crippen LogP contribution in [0.25, 0.3) is 0 Å². The number of nitrogens with two attached hydrogens (primary N) is 1. The first-order valence-electron chi connectivity index (χ1n) is 6.34. The van der Waals surface area contributed by atoms with Crippen LogP contribution in [0.2, 0.25) is 0 Å². The normalized spacial score (nSPS) is 13.0. The van der Waals surface area contributed by atoms with Gasteiger partial charge in [0, 0.05) is 17.4 Å². The Morgan fingerprint density at radius 3 is 2.53 bits per heavy atom. The summed E-state index contributed by atoms with van der Waals surface area (Å²) < 4.78 is 2.89. The van der Waals surface area contributed by atoms with Crippen molar-refractivity contribution in [1.29, 1.82) is 0 Å². The maximum atomic E-state index is 6.42. The van der Waals surface area contributed by atoms with Crippen LogP contribution >= 0.6 is 15.9 Å². The molecule has 102 valence electrons. The third-order valence-electron chi connectivity index (χ3n) is 3.17. The molecular formula is C14H19BrN4. The van der Waals surface area contributed by atoms with Gasteiger partial charge in [0.2, 0.25) is 0 Å². The van der Waals surface area contributed by atoms with Gasteiger partial charge in [0.1, 0.15) is 0 Å². The summed E-state index contributed by atoms with van der Waals surface area (Å²) in [6, 6.07) is 4.08. The van der Waals surface area contributed by atoms with Crippen molar-refractivity contribution in [3.05, 3.63) is 45.4 Å². The van der Waals surface area contributed by atoms with Crippen LogP contribution in [-0.2, 0) is 0 Å². The zero-order valence-corrected chi connectivity index (χ0v) is 13.3. The van der Waals surface area contributed by atoms with Crippen LogP contribution in [0.5, 0.6) is 0 Å². The van der Waals surface area contributed by atoms with E-state index in [0.717, 1.165) is 27.1 Å². The van der Waals surface area contributed by atoms with Gasteiger partial charge in [0.05, 0.1) is 22.4 Å². The van der Waals surface area contributed by atoms with Crippen molar-refractivity contribution in [2.75, 3.05) is 0 Å². The smallest absolute Gasteiger partial charge is 0.0752 e. The lowest BCUT2D eigenvalue weighted by molar-refractivity contribution is 0.498. The Hall–Kier alpha value is -1.20. The van der Waals surface area contributed by atoms with E-state index in [0.29, 0.717) is 0 Å². The van der Waals surface area contributed by atoms with E-state index in [1.54, 1.807) is 6.20 Å². The number of pyridine rings is 1. The highest BCUT2D eigenvalue weighted by Crippen LogP contribution is 2.29. The van der Waals surface area contributed by atoms with Gasteiger partial charge in [0.15, 0.2) is 0 Å². The van der Waals surface area contributed by atoms with Crippen molar-refractivity contribution in [1.82, 2.24) is 14.8 Å². The fourth-order valence-corrected chi connectivity index (χ4v) is 2.75. The number of aryl methyl sites for hydroxylation is 2. The molecule has 5 heteroatoms. The summed E-state index contributed by atoms with van der Waals surface area (Å²) in [5.41, 5.74) is 10.4. The molecule has 4 nitrogen and oxygen atoms in total. The zero-order valence-electron chi connectivity index (χ0n) is 11.7. The first-order chi connectivity index (χ1) is 8.91. The minimum absolute atomic E-state index is 0.229. The molecule has 2 aromatic rings. The van der Waals surface area contributed by atoms with Crippen LogP contribution in [0, 0.1) is 13.8 Å². The van der Waals surface area contributed by atoms with Crippen molar-refractivity contribution in [3.8, 4) is 0 Å². The van der Waals surface area contributed by atoms with Crippen molar-refractivity contribution < 1.29 is 0 Å². The molecule has 0 amide bonds. The number of rotatable bonds is 3. The van der Waals surface area contributed by atoms with Gasteiger partial charge in [-0.2, -0.15) is 5.10 Å². The van der Waals surface area contributed by atoms with Crippen molar-refractivity contribution >= 4 is 15.9 Å². The molecule has 2 N–H and O–H groups in total. The summed E-state index contributed by atoms with van der Waals surface area (Å²) in [6.45, 7) is 8.16. The van der Waals surface area contributed by atoms with E-state index in [1.807, 2.05) is 30.7 Å². The lowest BCUT2D eigenvalue weighted by Crippen LogP contribution is -2.20. The maximum absolute atomic E-state index is 6.42. The van der Waals surface area contributed by atoms with E-state index in [9.17, 15) is 0 Å². The highest BCUT2D eigenvalue weighted by Gasteiger charge is 2.21. The predicted octanol–water partition coefficient (Wildman–Crippen LogP) is 3.29. The van der Waals surface area contributed by atoms with Gasteiger partial charge in [-0.15, -0.1) is 0 Å². The number of hydrogen-bond donors (Lipinski definition) is 1. The van der Waals surface area contributed by atoms with E-state index in [-0.39, 0.29) is 12.1 Å². The molecule has 1 unspecified atom stereocenters. The molecule has 0 aromatic carbocycles. The third-order valence-corrected chi connectivity index (χ3v) is 3.78. The second-order valence-electron chi connectivity index (χ2n) is 5.02. The Balaban J connectivity index is 2.49. The van der Waals surface area contributed by atoms with Crippen LogP contribution in [0.3, 0.4) is 0 Å². The summed E-state index contributed by atoms with van der Waals surface area (Å²) in [5.74, 6) is 0. The molecule has 0 aliphatic rings. The molecule has 2 heterocycles. The van der Waals surface area contributed by atoms with Gasteiger partial charge in [-0.25, -0.2) is 0 Å². The summed E-state index contributed by atoms with van der Waals surface area (Å²) in [6.07, 6.45) is 1.80. The minimum atomic E-state index is -0.229. The predicted molar refractivity (Wildman–Crippen MR) is 80.1 cm³/mol. The molecule has 0 spiro atoms. The van der Waals surface area contributed by atoms with Gasteiger partial charge < -0.3 is 5.73 Å². The van der Waals surface area contributed by atoms with E-state index in [2.05, 4.69) is 39.9 Å². The van der Waals surface area contributed by atoms with E-state index < -0.39 is 0 Å². The standard InChI is InChI=1S/C14H19BrN4/c1-8(2)19-14(12(15)7-17-19)13(16)11-6-5-9(3)18-10(11)4/h5-8,13H,16H2,1-4H3. The molecule has 0 fully saturated rings. The summed E-state index contributed by atoms with van der Waals surface area (Å²) in [7, 11) is 0. The third kappa shape index (κ3) is 2.72. The van der Waals surface area contributed by atoms with Gasteiger partial charge in [-0.05, 0) is 55.3 Å². The zero-order chi connectivity index (χ0) is 14.2. The van der Waals surface area contributed by atoms with Crippen molar-refractivity contribution in [2.45, 2.75) is 39.8 Å². The Kier molecular flexibility index (Phi) is 4.06. The van der Waals surface area contributed by atoms with Crippen LogP contribution in [-0.4, -0.2) is 14.8 Å². The number of aromatic nitrogens is 3. The molecule has 19 heavy (non-hydrogen) atoms. The molecule has 0 radical (unpaired) electrons. The molecule has 0 saturated carbocycles. The average molecular weight is 323 g/mol. The Morgan fingerprint density at radius 1 is 1.26 bits per heavy atom. The first-order valence-corrected chi connectivity index (χ1v) is 7.13. The Morgan fingerprint density at radius 2 is 1.95 bits per heavy atom. The van der Waals surface area contributed by atoms with E-state index in [1.165, 1.54) is 0 Å². The van der Waals surface area contributed by atoms with E-state index in [4.69, 9.17) is 5.73 Å². The van der Waals surface area contributed by atoms with E-state index >= 15 is 0 Å². The highest BCUT2D eigenvalue weighted by atomic mass is 79.9. The second-order valence-corrected chi connectivity index (χ2v) is 5.88. The molecule has 0 bridgehead atoms. The minimum Gasteiger partial charge on any atom is -0.319 e. The number of halogens is 1. The van der Waals surface area contributed by atoms with Crippen LogP contribution in [0.15, 0.2) is 22.8 Å². The fraction of sp³-hybridized carbons (Fsp3) is 0.429. The largest absolute Gasteiger partial charge is 0.319 e. The first kappa shape index (κ1) is 14.2. The summed E-state index contributed by atoms with van der Waals surface area (Å²) in [4.78, 5) is 4.48. The van der Waals surface area contributed by atoms with Crippen LogP contribution in [0.1, 0.15) is 48.6 Å². The molecule has 2 rings (SSSR count). The van der Waals surface area contributed by atoms with Crippen LogP contribution in [0.4, 0.5) is 0 Å². The highest BCUT2D eigenvalue weighted by molar-refractivity contribution is 9.10. The Labute approximate surface area is 122 Å². The molecular weight excluding hydrogens is 304 g/mol. The summed E-state index contributed by atoms with van der Waals surface area (Å²) >= 11 is 3.54. The quantitative estimate of drug-likeness (QED) is 0.943. The second kappa shape index (κ2) is 5.43. The lowest BCUT2D eigenvalue weighted by atomic mass is 10.0. The van der Waals surface area contributed by atoms with Gasteiger partial charge >= 0.3 is 0 Å². The number of hydrogen-bond acceptors (Lipinski definition) is 3. The molecule has 0 saturated heterocycles. The molecule has 0 aliphatic heterocycles. The van der Waals surface area contributed by atoms with Gasteiger partial charge in [-0.1, -0.05) is 6.07 Å². The fourth-order valence-electron chi connectivity index (χ4n) is 2.23. The Bertz CT molecular complexity index is 589. The maximum Gasteiger partial charge on any atom is 0.0752 e. The average Bonchev–Trinajstić information content (AvgIpc) is 2.70. The van der Waals surface area contributed by atoms with Crippen molar-refractivity contribution in [2.24, 2.45) is 5.73 Å². The monoisotopic (exact) mass is 322 g/mol. The molecule has 1 atom stereocenters. The van der Waals surface area contributed by atoms with Gasteiger partial charge in [-0.3, -0.25) is 9.67 Å². The van der Waals surface area contributed by atoms with Gasteiger partial charge in [0.25, 0.3) is 0 Å². The topological polar surface area (TPSA) is 56.7 Å². The summed E-state index contributed by atoms with van der Waals surface area (Å²) in [5, 5.41) is 4.38.